The van der Waals surface area contributed by atoms with Gasteiger partial charge in [-0.05, 0) is 27.7 Å². The predicted molar refractivity (Wildman–Crippen MR) is 68.8 cm³/mol. The van der Waals surface area contributed by atoms with Crippen molar-refractivity contribution in [2.75, 3.05) is 6.54 Å². The summed E-state index contributed by atoms with van der Waals surface area (Å²) in [6.45, 7) is 11.7. The molecular formula is C11H22N4S. The van der Waals surface area contributed by atoms with Crippen molar-refractivity contribution in [3.63, 3.8) is 0 Å². The molecule has 0 aliphatic heterocycles. The number of rotatable bonds is 4. The minimum absolute atomic E-state index is 0.171. The first-order chi connectivity index (χ1) is 7.29. The van der Waals surface area contributed by atoms with Crippen molar-refractivity contribution in [1.82, 2.24) is 20.1 Å². The number of nitrogens with zero attached hydrogens (tertiary/aromatic N) is 3. The Labute approximate surface area is 102 Å². The lowest BCUT2D eigenvalue weighted by atomic mass is 10.1. The molecule has 0 radical (unpaired) electrons. The van der Waals surface area contributed by atoms with Crippen molar-refractivity contribution < 1.29 is 0 Å². The van der Waals surface area contributed by atoms with E-state index in [-0.39, 0.29) is 5.54 Å². The summed E-state index contributed by atoms with van der Waals surface area (Å²) < 4.78 is 2.03. The zero-order valence-electron chi connectivity index (χ0n) is 11.0. The lowest BCUT2D eigenvalue weighted by molar-refractivity contribution is 0.429. The van der Waals surface area contributed by atoms with E-state index in [0.29, 0.717) is 5.25 Å². The van der Waals surface area contributed by atoms with Gasteiger partial charge in [-0.3, -0.25) is 0 Å². The molecule has 16 heavy (non-hydrogen) atoms. The quantitative estimate of drug-likeness (QED) is 0.820. The summed E-state index contributed by atoms with van der Waals surface area (Å²) in [5.41, 5.74) is 0.171. The molecule has 1 unspecified atom stereocenters. The molecule has 0 aromatic carbocycles. The van der Waals surface area contributed by atoms with E-state index in [9.17, 15) is 0 Å². The topological polar surface area (TPSA) is 42.7 Å². The first-order valence-corrected chi connectivity index (χ1v) is 6.45. The van der Waals surface area contributed by atoms with Gasteiger partial charge in [0, 0.05) is 24.4 Å². The van der Waals surface area contributed by atoms with Gasteiger partial charge in [-0.1, -0.05) is 18.7 Å². The van der Waals surface area contributed by atoms with Gasteiger partial charge in [-0.15, -0.1) is 10.2 Å². The number of nitrogens with one attached hydrogen (secondary N) is 1. The van der Waals surface area contributed by atoms with E-state index >= 15 is 0 Å². The summed E-state index contributed by atoms with van der Waals surface area (Å²) in [5.74, 6) is 0.957. The maximum atomic E-state index is 4.15. The van der Waals surface area contributed by atoms with Gasteiger partial charge in [0.25, 0.3) is 0 Å². The number of hydrogen-bond acceptors (Lipinski definition) is 4. The predicted octanol–water partition coefficient (Wildman–Crippen LogP) is 1.99. The molecule has 0 saturated carbocycles. The highest BCUT2D eigenvalue weighted by Crippen LogP contribution is 2.20. The summed E-state index contributed by atoms with van der Waals surface area (Å²) >= 11 is 1.76. The normalized spacial score (nSPS) is 14.1. The summed E-state index contributed by atoms with van der Waals surface area (Å²) in [6, 6.07) is 0. The maximum Gasteiger partial charge on any atom is 0.191 e. The molecular weight excluding hydrogens is 220 g/mol. The van der Waals surface area contributed by atoms with E-state index < -0.39 is 0 Å². The number of hydrogen-bond donors (Lipinski definition) is 1. The second-order valence-electron chi connectivity index (χ2n) is 5.15. The van der Waals surface area contributed by atoms with Crippen LogP contribution in [-0.2, 0) is 7.05 Å². The first kappa shape index (κ1) is 13.5. The zero-order chi connectivity index (χ0) is 12.3. The molecule has 0 fully saturated rings. The van der Waals surface area contributed by atoms with Gasteiger partial charge in [0.1, 0.15) is 5.82 Å². The Morgan fingerprint density at radius 2 is 2.00 bits per heavy atom. The lowest BCUT2D eigenvalue weighted by Gasteiger charge is -2.22. The third kappa shape index (κ3) is 4.14. The van der Waals surface area contributed by atoms with Crippen LogP contribution >= 0.6 is 11.8 Å². The van der Waals surface area contributed by atoms with Gasteiger partial charge in [0.2, 0.25) is 0 Å². The van der Waals surface area contributed by atoms with Crippen LogP contribution in [0.25, 0.3) is 0 Å². The van der Waals surface area contributed by atoms with Gasteiger partial charge < -0.3 is 9.88 Å². The number of thioether (sulfide) groups is 1. The molecule has 1 aromatic rings. The van der Waals surface area contributed by atoms with Crippen molar-refractivity contribution in [3.05, 3.63) is 5.82 Å². The summed E-state index contributed by atoms with van der Waals surface area (Å²) in [6.07, 6.45) is 0. The Bertz CT molecular complexity index is 340. The van der Waals surface area contributed by atoms with Gasteiger partial charge in [-0.25, -0.2) is 0 Å². The van der Waals surface area contributed by atoms with Crippen LogP contribution in [0.3, 0.4) is 0 Å². The molecule has 0 aliphatic carbocycles. The zero-order valence-corrected chi connectivity index (χ0v) is 11.9. The molecule has 0 spiro atoms. The van der Waals surface area contributed by atoms with Crippen molar-refractivity contribution in [1.29, 1.82) is 0 Å². The van der Waals surface area contributed by atoms with Crippen molar-refractivity contribution in [3.8, 4) is 0 Å². The fraction of sp³-hybridized carbons (Fsp3) is 0.818. The SMILES string of the molecule is Cc1nnc(SC(C)CNC(C)(C)C)n1C. The number of aromatic nitrogens is 3. The third-order valence-corrected chi connectivity index (χ3v) is 3.41. The first-order valence-electron chi connectivity index (χ1n) is 5.57. The summed E-state index contributed by atoms with van der Waals surface area (Å²) in [7, 11) is 2.00. The molecule has 4 nitrogen and oxygen atoms in total. The van der Waals surface area contributed by atoms with Crippen LogP contribution in [0.4, 0.5) is 0 Å². The van der Waals surface area contributed by atoms with Crippen molar-refractivity contribution >= 4 is 11.8 Å². The van der Waals surface area contributed by atoms with Crippen LogP contribution in [0, 0.1) is 6.92 Å². The maximum absolute atomic E-state index is 4.15. The molecule has 1 N–H and O–H groups in total. The van der Waals surface area contributed by atoms with E-state index in [2.05, 4.69) is 43.2 Å². The highest BCUT2D eigenvalue weighted by molar-refractivity contribution is 7.99. The largest absolute Gasteiger partial charge is 0.311 e. The Morgan fingerprint density at radius 3 is 2.44 bits per heavy atom. The molecule has 0 bridgehead atoms. The Hall–Kier alpha value is -0.550. The lowest BCUT2D eigenvalue weighted by Crippen LogP contribution is -2.39. The molecule has 92 valence electrons. The molecule has 1 aromatic heterocycles. The van der Waals surface area contributed by atoms with Crippen LogP contribution < -0.4 is 5.32 Å². The molecule has 1 heterocycles. The van der Waals surface area contributed by atoms with E-state index in [1.165, 1.54) is 0 Å². The molecule has 5 heteroatoms. The van der Waals surface area contributed by atoms with Gasteiger partial charge >= 0.3 is 0 Å². The second-order valence-corrected chi connectivity index (χ2v) is 6.55. The van der Waals surface area contributed by atoms with Crippen LogP contribution in [-0.4, -0.2) is 32.1 Å². The van der Waals surface area contributed by atoms with Crippen molar-refractivity contribution in [2.45, 2.75) is 50.6 Å². The second kappa shape index (κ2) is 5.19. The van der Waals surface area contributed by atoms with Crippen LogP contribution in [0.5, 0.6) is 0 Å². The molecule has 0 aliphatic rings. The molecule has 1 rings (SSSR count). The average Bonchev–Trinajstić information content (AvgIpc) is 2.46. The molecule has 0 saturated heterocycles. The Balaban J connectivity index is 2.46. The fourth-order valence-corrected chi connectivity index (χ4v) is 2.07. The Kier molecular flexibility index (Phi) is 4.38. The molecule has 1 atom stereocenters. The molecule has 0 amide bonds. The number of aryl methyl sites for hydroxylation is 1. The average molecular weight is 242 g/mol. The smallest absolute Gasteiger partial charge is 0.191 e. The summed E-state index contributed by atoms with van der Waals surface area (Å²) in [5, 5.41) is 13.2. The van der Waals surface area contributed by atoms with Crippen molar-refractivity contribution in [2.24, 2.45) is 7.05 Å². The highest BCUT2D eigenvalue weighted by Gasteiger charge is 2.14. The van der Waals surface area contributed by atoms with Crippen LogP contribution in [0.2, 0.25) is 0 Å². The van der Waals surface area contributed by atoms with Crippen LogP contribution in [0.15, 0.2) is 5.16 Å². The third-order valence-electron chi connectivity index (χ3n) is 2.28. The van der Waals surface area contributed by atoms with E-state index in [4.69, 9.17) is 0 Å². The Morgan fingerprint density at radius 1 is 1.38 bits per heavy atom. The minimum atomic E-state index is 0.171. The van der Waals surface area contributed by atoms with Gasteiger partial charge in [-0.2, -0.15) is 0 Å². The standard InChI is InChI=1S/C11H22N4S/c1-8(7-12-11(3,4)5)16-10-14-13-9(2)15(10)6/h8,12H,7H2,1-6H3. The minimum Gasteiger partial charge on any atom is -0.311 e. The van der Waals surface area contributed by atoms with E-state index in [0.717, 1.165) is 17.5 Å². The van der Waals surface area contributed by atoms with E-state index in [1.807, 2.05) is 18.5 Å². The van der Waals surface area contributed by atoms with Gasteiger partial charge in [0.05, 0.1) is 0 Å². The monoisotopic (exact) mass is 242 g/mol. The highest BCUT2D eigenvalue weighted by atomic mass is 32.2. The van der Waals surface area contributed by atoms with E-state index in [1.54, 1.807) is 11.8 Å². The van der Waals surface area contributed by atoms with Gasteiger partial charge in [0.15, 0.2) is 5.16 Å². The van der Waals surface area contributed by atoms with Crippen LogP contribution in [0.1, 0.15) is 33.5 Å². The fourth-order valence-electron chi connectivity index (χ4n) is 1.16. The summed E-state index contributed by atoms with van der Waals surface area (Å²) in [4.78, 5) is 0.